The Hall–Kier alpha value is -2.13. The Morgan fingerprint density at radius 3 is 2.45 bits per heavy atom. The van der Waals surface area contributed by atoms with Crippen LogP contribution in [0.25, 0.3) is 0 Å². The molecule has 160 valence electrons. The Morgan fingerprint density at radius 1 is 1.10 bits per heavy atom. The van der Waals surface area contributed by atoms with E-state index in [1.165, 1.54) is 29.6 Å². The number of benzene rings is 1. The molecule has 8 nitrogen and oxygen atoms in total. The first-order valence-corrected chi connectivity index (χ1v) is 11.5. The summed E-state index contributed by atoms with van der Waals surface area (Å²) in [6.07, 6.45) is 6.30. The second kappa shape index (κ2) is 9.58. The molecule has 0 spiro atoms. The van der Waals surface area contributed by atoms with Gasteiger partial charge in [-0.2, -0.15) is 4.31 Å². The van der Waals surface area contributed by atoms with E-state index in [-0.39, 0.29) is 22.5 Å². The number of esters is 1. The molecule has 9 heteroatoms. The predicted molar refractivity (Wildman–Crippen MR) is 107 cm³/mol. The number of carbonyl (C=O) groups excluding carboxylic acids is 2. The van der Waals surface area contributed by atoms with Gasteiger partial charge in [0.15, 0.2) is 6.61 Å². The maximum Gasteiger partial charge on any atom is 0.309 e. The number of amides is 1. The minimum Gasteiger partial charge on any atom is -0.495 e. The van der Waals surface area contributed by atoms with Crippen molar-refractivity contribution in [3.05, 3.63) is 18.2 Å². The van der Waals surface area contributed by atoms with E-state index < -0.39 is 22.5 Å². The van der Waals surface area contributed by atoms with Crippen molar-refractivity contribution in [1.82, 2.24) is 4.31 Å². The molecule has 1 aromatic carbocycles. The van der Waals surface area contributed by atoms with Crippen LogP contribution in [-0.4, -0.2) is 51.4 Å². The van der Waals surface area contributed by atoms with Crippen LogP contribution in [0.1, 0.15) is 44.9 Å². The van der Waals surface area contributed by atoms with Crippen LogP contribution in [0.4, 0.5) is 5.69 Å². The number of nitrogens with zero attached hydrogens (tertiary/aromatic N) is 1. The minimum absolute atomic E-state index is 0.0958. The Bertz CT molecular complexity index is 843. The minimum atomic E-state index is -3.64. The largest absolute Gasteiger partial charge is 0.495 e. The first-order chi connectivity index (χ1) is 13.9. The van der Waals surface area contributed by atoms with Crippen LogP contribution in [0.2, 0.25) is 0 Å². The van der Waals surface area contributed by atoms with Crippen LogP contribution < -0.4 is 10.1 Å². The Morgan fingerprint density at radius 2 is 1.79 bits per heavy atom. The molecule has 1 saturated carbocycles. The summed E-state index contributed by atoms with van der Waals surface area (Å²) in [5.41, 5.74) is 0.229. The van der Waals surface area contributed by atoms with E-state index in [4.69, 9.17) is 9.47 Å². The number of nitrogens with one attached hydrogen (secondary N) is 1. The number of piperidine rings is 1. The van der Waals surface area contributed by atoms with Gasteiger partial charge in [-0.15, -0.1) is 0 Å². The topological polar surface area (TPSA) is 102 Å². The lowest BCUT2D eigenvalue weighted by molar-refractivity contribution is -0.151. The molecule has 1 amide bonds. The normalized spacial score (nSPS) is 18.4. The molecular formula is C20H28N2O6S. The van der Waals surface area contributed by atoms with Crippen molar-refractivity contribution < 1.29 is 27.5 Å². The van der Waals surface area contributed by atoms with Gasteiger partial charge in [-0.05, 0) is 43.9 Å². The molecule has 0 unspecified atom stereocenters. The van der Waals surface area contributed by atoms with Crippen LogP contribution in [0.5, 0.6) is 5.75 Å². The number of methoxy groups -OCH3 is 1. The Kier molecular flexibility index (Phi) is 7.13. The van der Waals surface area contributed by atoms with Crippen LogP contribution in [0.15, 0.2) is 23.1 Å². The lowest BCUT2D eigenvalue weighted by Gasteiger charge is -2.26. The van der Waals surface area contributed by atoms with E-state index in [9.17, 15) is 18.0 Å². The van der Waals surface area contributed by atoms with Gasteiger partial charge in [-0.25, -0.2) is 8.42 Å². The maximum atomic E-state index is 12.9. The molecule has 0 bridgehead atoms. The van der Waals surface area contributed by atoms with Gasteiger partial charge in [-0.1, -0.05) is 19.3 Å². The molecular weight excluding hydrogens is 396 g/mol. The highest BCUT2D eigenvalue weighted by Crippen LogP contribution is 2.30. The van der Waals surface area contributed by atoms with E-state index in [1.54, 1.807) is 0 Å². The predicted octanol–water partition coefficient (Wildman–Crippen LogP) is 2.54. The molecule has 0 atom stereocenters. The zero-order valence-electron chi connectivity index (χ0n) is 16.7. The fourth-order valence-corrected chi connectivity index (χ4v) is 5.35. The first-order valence-electron chi connectivity index (χ1n) is 10.1. The molecule has 2 aliphatic rings. The number of rotatable bonds is 7. The lowest BCUT2D eigenvalue weighted by atomic mass is 10.1. The number of carbonyl (C=O) groups is 2. The van der Waals surface area contributed by atoms with E-state index in [0.717, 1.165) is 44.9 Å². The highest BCUT2D eigenvalue weighted by Gasteiger charge is 2.27. The molecule has 1 N–H and O–H groups in total. The third-order valence-electron chi connectivity index (χ3n) is 5.43. The summed E-state index contributed by atoms with van der Waals surface area (Å²) in [6, 6.07) is 4.37. The second-order valence-corrected chi connectivity index (χ2v) is 9.40. The first kappa shape index (κ1) is 21.6. The zero-order chi connectivity index (χ0) is 20.9. The van der Waals surface area contributed by atoms with Crippen molar-refractivity contribution in [2.75, 3.05) is 32.1 Å². The molecule has 2 fully saturated rings. The average Bonchev–Trinajstić information content (AvgIpc) is 3.27. The monoisotopic (exact) mass is 424 g/mol. The van der Waals surface area contributed by atoms with Crippen molar-refractivity contribution in [3.63, 3.8) is 0 Å². The third kappa shape index (κ3) is 5.27. The molecule has 3 rings (SSSR count). The van der Waals surface area contributed by atoms with Crippen LogP contribution in [0.3, 0.4) is 0 Å². The summed E-state index contributed by atoms with van der Waals surface area (Å²) in [5, 5.41) is 2.60. The van der Waals surface area contributed by atoms with Crippen LogP contribution in [0, 0.1) is 5.92 Å². The second-order valence-electron chi connectivity index (χ2n) is 7.46. The number of hydrogen-bond acceptors (Lipinski definition) is 6. The fourth-order valence-electron chi connectivity index (χ4n) is 3.80. The van der Waals surface area contributed by atoms with Gasteiger partial charge in [0.05, 0.1) is 23.6 Å². The number of anilines is 1. The van der Waals surface area contributed by atoms with Gasteiger partial charge in [0, 0.05) is 13.1 Å². The van der Waals surface area contributed by atoms with Crippen LogP contribution >= 0.6 is 0 Å². The van der Waals surface area contributed by atoms with Crippen molar-refractivity contribution in [3.8, 4) is 5.75 Å². The highest BCUT2D eigenvalue weighted by molar-refractivity contribution is 7.89. The van der Waals surface area contributed by atoms with E-state index in [0.29, 0.717) is 18.8 Å². The summed E-state index contributed by atoms with van der Waals surface area (Å²) in [4.78, 5) is 24.3. The van der Waals surface area contributed by atoms with Crippen molar-refractivity contribution >= 4 is 27.6 Å². The molecule has 1 aliphatic carbocycles. The Balaban J connectivity index is 1.68. The van der Waals surface area contributed by atoms with E-state index >= 15 is 0 Å². The van der Waals surface area contributed by atoms with E-state index in [2.05, 4.69) is 5.32 Å². The van der Waals surface area contributed by atoms with Gasteiger partial charge in [0.1, 0.15) is 5.75 Å². The van der Waals surface area contributed by atoms with Gasteiger partial charge >= 0.3 is 5.97 Å². The molecule has 1 aromatic rings. The van der Waals surface area contributed by atoms with Gasteiger partial charge < -0.3 is 14.8 Å². The SMILES string of the molecule is COc1ccc(S(=O)(=O)N2CCCCC2)cc1NC(=O)COC(=O)C1CCCC1. The summed E-state index contributed by atoms with van der Waals surface area (Å²) in [6.45, 7) is 0.571. The summed E-state index contributed by atoms with van der Waals surface area (Å²) < 4.78 is 37.6. The number of sulfonamides is 1. The third-order valence-corrected chi connectivity index (χ3v) is 7.33. The zero-order valence-corrected chi connectivity index (χ0v) is 17.5. The highest BCUT2D eigenvalue weighted by atomic mass is 32.2. The van der Waals surface area contributed by atoms with Gasteiger partial charge in [0.2, 0.25) is 10.0 Å². The summed E-state index contributed by atoms with van der Waals surface area (Å²) in [7, 11) is -2.21. The van der Waals surface area contributed by atoms with Crippen molar-refractivity contribution in [2.24, 2.45) is 5.92 Å². The summed E-state index contributed by atoms with van der Waals surface area (Å²) in [5.74, 6) is -0.693. The lowest BCUT2D eigenvalue weighted by Crippen LogP contribution is -2.35. The number of ether oxygens (including phenoxy) is 2. The van der Waals surface area contributed by atoms with Gasteiger partial charge in [0.25, 0.3) is 5.91 Å². The molecule has 0 radical (unpaired) electrons. The quantitative estimate of drug-likeness (QED) is 0.675. The smallest absolute Gasteiger partial charge is 0.309 e. The average molecular weight is 425 g/mol. The number of hydrogen-bond donors (Lipinski definition) is 1. The standard InChI is InChI=1S/C20H28N2O6S/c1-27-18-10-9-16(29(25,26)22-11-5-2-6-12-22)13-17(18)21-19(23)14-28-20(24)15-7-3-4-8-15/h9-10,13,15H,2-8,11-12,14H2,1H3,(H,21,23). The van der Waals surface area contributed by atoms with Crippen LogP contribution in [-0.2, 0) is 24.3 Å². The van der Waals surface area contributed by atoms with Crippen molar-refractivity contribution in [2.45, 2.75) is 49.8 Å². The fraction of sp³-hybridized carbons (Fsp3) is 0.600. The maximum absolute atomic E-state index is 12.9. The Labute approximate surface area is 171 Å². The molecule has 1 aliphatic heterocycles. The van der Waals surface area contributed by atoms with E-state index in [1.807, 2.05) is 0 Å². The summed E-state index contributed by atoms with van der Waals surface area (Å²) >= 11 is 0. The molecule has 1 heterocycles. The van der Waals surface area contributed by atoms with Gasteiger partial charge in [-0.3, -0.25) is 9.59 Å². The molecule has 1 saturated heterocycles. The van der Waals surface area contributed by atoms with Crippen molar-refractivity contribution in [1.29, 1.82) is 0 Å². The molecule has 29 heavy (non-hydrogen) atoms. The molecule has 0 aromatic heterocycles.